The summed E-state index contributed by atoms with van der Waals surface area (Å²) in [4.78, 5) is 19.0. The molecule has 0 spiro atoms. The zero-order valence-corrected chi connectivity index (χ0v) is 22.0. The maximum Gasteiger partial charge on any atom is 0.251 e. The van der Waals surface area contributed by atoms with Gasteiger partial charge in [0, 0.05) is 68.9 Å². The molecule has 2 aromatic heterocycles. The molecule has 3 N–H and O–H groups in total. The molecule has 1 fully saturated rings. The van der Waals surface area contributed by atoms with Gasteiger partial charge in [0.25, 0.3) is 5.91 Å². The van der Waals surface area contributed by atoms with Crippen LogP contribution in [0, 0.1) is 5.82 Å². The number of benzene rings is 1. The number of nitrogens with zero attached hydrogens (tertiary/aromatic N) is 4. The van der Waals surface area contributed by atoms with Crippen LogP contribution in [0.15, 0.2) is 36.7 Å². The Hall–Kier alpha value is -3.21. The number of anilines is 1. The highest BCUT2D eigenvalue weighted by Gasteiger charge is 2.26. The lowest BCUT2D eigenvalue weighted by Crippen LogP contribution is -2.42. The number of aromatic nitrogens is 3. The van der Waals surface area contributed by atoms with Crippen molar-refractivity contribution in [1.29, 1.82) is 0 Å². The normalized spacial score (nSPS) is 16.4. The number of fused-ring (bicyclic) bond motifs is 1. The Morgan fingerprint density at radius 3 is 2.87 bits per heavy atom. The van der Waals surface area contributed by atoms with Crippen LogP contribution in [0.3, 0.4) is 0 Å². The molecule has 1 unspecified atom stereocenters. The Kier molecular flexibility index (Phi) is 8.11. The molecule has 38 heavy (non-hydrogen) atoms. The first-order chi connectivity index (χ1) is 18.4. The molecule has 202 valence electrons. The van der Waals surface area contributed by atoms with E-state index in [1.807, 2.05) is 13.1 Å². The Morgan fingerprint density at radius 1 is 1.29 bits per heavy atom. The number of amides is 1. The lowest BCUT2D eigenvalue weighted by molar-refractivity contribution is 0.0839. The summed E-state index contributed by atoms with van der Waals surface area (Å²) < 4.78 is 22.2. The maximum atomic E-state index is 14.5. The number of rotatable bonds is 10. The lowest BCUT2D eigenvalue weighted by Gasteiger charge is -2.32. The van der Waals surface area contributed by atoms with Gasteiger partial charge in [0.1, 0.15) is 24.0 Å². The summed E-state index contributed by atoms with van der Waals surface area (Å²) in [6.45, 7) is 1.72. The average molecular weight is 543 g/mol. The van der Waals surface area contributed by atoms with Crippen molar-refractivity contribution in [3.05, 3.63) is 69.9 Å². The summed E-state index contributed by atoms with van der Waals surface area (Å²) in [5, 5.41) is 21.1. The summed E-state index contributed by atoms with van der Waals surface area (Å²) in [6, 6.07) is 6.97. The highest BCUT2D eigenvalue weighted by Crippen LogP contribution is 2.36. The number of aliphatic hydroxyl groups excluding tert-OH is 1. The van der Waals surface area contributed by atoms with Gasteiger partial charge >= 0.3 is 0 Å². The van der Waals surface area contributed by atoms with Gasteiger partial charge in [0.2, 0.25) is 0 Å². The van der Waals surface area contributed by atoms with Crippen molar-refractivity contribution in [3.63, 3.8) is 0 Å². The third-order valence-corrected chi connectivity index (χ3v) is 7.61. The first kappa shape index (κ1) is 26.4. The molecule has 11 heteroatoms. The monoisotopic (exact) mass is 542 g/mol. The lowest BCUT2D eigenvalue weighted by atomic mass is 9.93. The predicted octanol–water partition coefficient (Wildman–Crippen LogP) is 3.30. The minimum Gasteiger partial charge on any atom is -0.487 e. The fraction of sp³-hybridized carbons (Fsp3) is 0.444. The number of aliphatic hydroxyl groups is 1. The summed E-state index contributed by atoms with van der Waals surface area (Å²) in [7, 11) is 1.82. The molecule has 0 radical (unpaired) electrons. The Morgan fingerprint density at radius 2 is 2.13 bits per heavy atom. The van der Waals surface area contributed by atoms with Crippen molar-refractivity contribution in [2.75, 3.05) is 25.0 Å². The van der Waals surface area contributed by atoms with Crippen LogP contribution in [0.2, 0.25) is 5.02 Å². The fourth-order valence-electron chi connectivity index (χ4n) is 4.76. The van der Waals surface area contributed by atoms with Gasteiger partial charge in [-0.25, -0.2) is 9.37 Å². The number of carbonyl (C=O) groups is 1. The first-order valence-corrected chi connectivity index (χ1v) is 13.3. The molecule has 2 aliphatic rings. The zero-order chi connectivity index (χ0) is 26.6. The summed E-state index contributed by atoms with van der Waals surface area (Å²) in [5.41, 5.74) is 2.89. The SMILES string of the molecule is Cn1nccc1COc1cc(F)c(Cl)c2c1CN(CC(O)CNC(=O)c1ccnc(NC3CCC3)c1)CC2. The number of hydrogen-bond donors (Lipinski definition) is 3. The fourth-order valence-corrected chi connectivity index (χ4v) is 5.03. The minimum atomic E-state index is -0.787. The molecule has 1 atom stereocenters. The Labute approximate surface area is 226 Å². The number of hydrogen-bond acceptors (Lipinski definition) is 7. The number of pyridine rings is 1. The van der Waals surface area contributed by atoms with Crippen molar-refractivity contribution >= 4 is 23.3 Å². The highest BCUT2D eigenvalue weighted by molar-refractivity contribution is 6.31. The zero-order valence-electron chi connectivity index (χ0n) is 21.3. The van der Waals surface area contributed by atoms with Crippen molar-refractivity contribution < 1.29 is 19.0 Å². The van der Waals surface area contributed by atoms with E-state index in [-0.39, 0.29) is 24.1 Å². The van der Waals surface area contributed by atoms with Gasteiger partial charge in [0.05, 0.1) is 16.8 Å². The van der Waals surface area contributed by atoms with E-state index in [9.17, 15) is 14.3 Å². The second-order valence-corrected chi connectivity index (χ2v) is 10.3. The molecule has 3 heterocycles. The predicted molar refractivity (Wildman–Crippen MR) is 142 cm³/mol. The van der Waals surface area contributed by atoms with E-state index in [1.54, 1.807) is 29.2 Å². The highest BCUT2D eigenvalue weighted by atomic mass is 35.5. The van der Waals surface area contributed by atoms with Crippen LogP contribution < -0.4 is 15.4 Å². The van der Waals surface area contributed by atoms with Gasteiger partial charge in [-0.3, -0.25) is 14.4 Å². The van der Waals surface area contributed by atoms with Crippen LogP contribution in [0.4, 0.5) is 10.2 Å². The molecule has 5 rings (SSSR count). The molecule has 1 aliphatic heterocycles. The van der Waals surface area contributed by atoms with E-state index in [4.69, 9.17) is 16.3 Å². The summed E-state index contributed by atoms with van der Waals surface area (Å²) >= 11 is 6.29. The van der Waals surface area contributed by atoms with Crippen LogP contribution in [0.5, 0.6) is 5.75 Å². The smallest absolute Gasteiger partial charge is 0.251 e. The standard InChI is InChI=1S/C27H32ClFN6O3/c1-34-19(6-9-32-34)16-38-24-12-23(29)26(28)21-7-10-35(15-22(21)24)14-20(36)13-31-27(37)17-5-8-30-25(11-17)33-18-3-2-4-18/h5-6,8-9,11-12,18,20,36H,2-4,7,10,13-16H2,1H3,(H,30,33)(H,31,37). The second-order valence-electron chi connectivity index (χ2n) is 9.91. The molecule has 0 bridgehead atoms. The average Bonchev–Trinajstić information content (AvgIpc) is 3.30. The van der Waals surface area contributed by atoms with Crippen LogP contribution >= 0.6 is 11.6 Å². The van der Waals surface area contributed by atoms with Crippen LogP contribution in [-0.4, -0.2) is 62.5 Å². The molecular formula is C27H32ClFN6O3. The van der Waals surface area contributed by atoms with E-state index in [2.05, 4.69) is 25.6 Å². The van der Waals surface area contributed by atoms with Crippen LogP contribution in [-0.2, 0) is 26.6 Å². The third kappa shape index (κ3) is 6.09. The largest absolute Gasteiger partial charge is 0.487 e. The Balaban J connectivity index is 1.17. The quantitative estimate of drug-likeness (QED) is 0.361. The van der Waals surface area contributed by atoms with Gasteiger partial charge in [-0.2, -0.15) is 5.10 Å². The van der Waals surface area contributed by atoms with Crippen molar-refractivity contribution in [2.24, 2.45) is 7.05 Å². The second kappa shape index (κ2) is 11.7. The molecule has 3 aromatic rings. The summed E-state index contributed by atoms with van der Waals surface area (Å²) in [6.07, 6.45) is 6.47. The van der Waals surface area contributed by atoms with Crippen LogP contribution in [0.1, 0.15) is 46.4 Å². The molecular weight excluding hydrogens is 511 g/mol. The van der Waals surface area contributed by atoms with Crippen molar-refractivity contribution in [2.45, 2.75) is 51.0 Å². The number of nitrogens with one attached hydrogen (secondary N) is 2. The molecule has 9 nitrogen and oxygen atoms in total. The number of aryl methyl sites for hydroxylation is 1. The Bertz CT molecular complexity index is 1300. The third-order valence-electron chi connectivity index (χ3n) is 7.20. The van der Waals surface area contributed by atoms with Gasteiger partial charge < -0.3 is 20.5 Å². The van der Waals surface area contributed by atoms with Crippen LogP contribution in [0.25, 0.3) is 0 Å². The minimum absolute atomic E-state index is 0.101. The van der Waals surface area contributed by atoms with E-state index < -0.39 is 11.9 Å². The molecule has 1 aliphatic carbocycles. The number of carbonyl (C=O) groups excluding carboxylic acids is 1. The van der Waals surface area contributed by atoms with E-state index in [1.165, 1.54) is 12.5 Å². The number of ether oxygens (including phenoxy) is 1. The van der Waals surface area contributed by atoms with Gasteiger partial charge in [-0.15, -0.1) is 0 Å². The van der Waals surface area contributed by atoms with Crippen molar-refractivity contribution in [3.8, 4) is 5.75 Å². The maximum absolute atomic E-state index is 14.5. The van der Waals surface area contributed by atoms with Crippen molar-refractivity contribution in [1.82, 2.24) is 25.0 Å². The molecule has 0 saturated heterocycles. The van der Waals surface area contributed by atoms with E-state index in [0.29, 0.717) is 49.2 Å². The van der Waals surface area contributed by atoms with Gasteiger partial charge in [0.15, 0.2) is 0 Å². The first-order valence-electron chi connectivity index (χ1n) is 12.9. The molecule has 1 aromatic carbocycles. The number of β-amino-alcohol motifs (C(OH)–C–C–N with tert-alkyl or cyclic N) is 1. The van der Waals surface area contributed by atoms with Gasteiger partial charge in [-0.1, -0.05) is 11.6 Å². The topological polar surface area (TPSA) is 105 Å². The van der Waals surface area contributed by atoms with Gasteiger partial charge in [-0.05, 0) is 49.4 Å². The number of halogens is 2. The molecule has 1 saturated carbocycles. The van der Waals surface area contributed by atoms with E-state index in [0.717, 1.165) is 29.7 Å². The molecule has 1 amide bonds. The summed E-state index contributed by atoms with van der Waals surface area (Å²) in [5.74, 6) is 0.343. The van der Waals surface area contributed by atoms with E-state index >= 15 is 0 Å².